The monoisotopic (exact) mass is 573 g/mol. The zero-order valence-electron chi connectivity index (χ0n) is 23.2. The van der Waals surface area contributed by atoms with Gasteiger partial charge in [-0.25, -0.2) is 8.42 Å². The molecule has 1 amide bonds. The van der Waals surface area contributed by atoms with Gasteiger partial charge in [-0.05, 0) is 49.4 Å². The molecular formula is C28H36N3O6PS. The second kappa shape index (κ2) is 10.2. The third-order valence-electron chi connectivity index (χ3n) is 7.01. The number of rotatable bonds is 8. The number of aliphatic hydroxyl groups is 1. The highest BCUT2D eigenvalue weighted by Crippen LogP contribution is 2.53. The Morgan fingerprint density at radius 2 is 1.82 bits per heavy atom. The molecule has 2 aliphatic heterocycles. The van der Waals surface area contributed by atoms with Crippen molar-refractivity contribution in [2.45, 2.75) is 57.9 Å². The molecule has 2 aliphatic rings. The Morgan fingerprint density at radius 3 is 2.41 bits per heavy atom. The van der Waals surface area contributed by atoms with E-state index < -0.39 is 28.8 Å². The standard InChI is InChI=1S/C28H36N3O6PS/c1-7-37-38(34)22-17-20(39(6,35)36)13-14-21(22)29-25(30-38)23-24(32)28(5,18-19-11-9-8-10-12-19)31(26(23)33)16-15-27(2,3)4/h8-14,17,32H,7,15-16,18H2,1-6H3,(H,29,30,34). The van der Waals surface area contributed by atoms with Crippen LogP contribution in [0.1, 0.15) is 46.6 Å². The summed E-state index contributed by atoms with van der Waals surface area (Å²) in [6, 6.07) is 13.8. The summed E-state index contributed by atoms with van der Waals surface area (Å²) in [5.74, 6) is -0.664. The normalized spacial score (nSPS) is 23.5. The quantitative estimate of drug-likeness (QED) is 0.432. The number of fused-ring (bicyclic) bond motifs is 1. The number of hydrogen-bond donors (Lipinski definition) is 2. The van der Waals surface area contributed by atoms with Gasteiger partial charge in [0.05, 0.1) is 22.5 Å². The first-order valence-electron chi connectivity index (χ1n) is 12.9. The van der Waals surface area contributed by atoms with E-state index in [0.717, 1.165) is 11.8 Å². The van der Waals surface area contributed by atoms with Crippen LogP contribution in [0.2, 0.25) is 0 Å². The van der Waals surface area contributed by atoms with Gasteiger partial charge in [0.1, 0.15) is 16.9 Å². The van der Waals surface area contributed by atoms with Crippen molar-refractivity contribution in [3.63, 3.8) is 0 Å². The Morgan fingerprint density at radius 1 is 1.15 bits per heavy atom. The minimum absolute atomic E-state index is 0.0237. The lowest BCUT2D eigenvalue weighted by molar-refractivity contribution is -0.129. The Kier molecular flexibility index (Phi) is 7.62. The summed E-state index contributed by atoms with van der Waals surface area (Å²) in [7, 11) is -7.57. The van der Waals surface area contributed by atoms with Gasteiger partial charge in [0, 0.05) is 19.2 Å². The van der Waals surface area contributed by atoms with Crippen molar-refractivity contribution >= 4 is 40.1 Å². The minimum Gasteiger partial charge on any atom is -0.509 e. The summed E-state index contributed by atoms with van der Waals surface area (Å²) >= 11 is 0. The molecule has 2 N–H and O–H groups in total. The lowest BCUT2D eigenvalue weighted by atomic mass is 9.88. The van der Waals surface area contributed by atoms with Gasteiger partial charge >= 0.3 is 7.52 Å². The summed E-state index contributed by atoms with van der Waals surface area (Å²) in [5.41, 5.74) is 0.0430. The number of anilines is 1. The molecule has 2 aromatic rings. The predicted octanol–water partition coefficient (Wildman–Crippen LogP) is 4.86. The molecule has 0 aliphatic carbocycles. The average molecular weight is 574 g/mol. The van der Waals surface area contributed by atoms with Crippen molar-refractivity contribution in [2.24, 2.45) is 10.2 Å². The highest BCUT2D eigenvalue weighted by atomic mass is 32.2. The first-order chi connectivity index (χ1) is 18.1. The van der Waals surface area contributed by atoms with Crippen LogP contribution in [0.15, 0.2) is 69.5 Å². The van der Waals surface area contributed by atoms with Crippen LogP contribution in [-0.2, 0) is 30.1 Å². The van der Waals surface area contributed by atoms with Crippen LogP contribution >= 0.6 is 7.52 Å². The number of amidine groups is 1. The summed E-state index contributed by atoms with van der Waals surface area (Å²) < 4.78 is 48.3. The molecule has 0 aromatic heterocycles. The molecule has 210 valence electrons. The van der Waals surface area contributed by atoms with Crippen LogP contribution < -0.4 is 10.6 Å². The molecule has 9 nitrogen and oxygen atoms in total. The van der Waals surface area contributed by atoms with Crippen LogP contribution in [0.3, 0.4) is 0 Å². The number of nitrogens with zero attached hydrogens (tertiary/aromatic N) is 2. The fraction of sp³-hybridized carbons (Fsp3) is 0.429. The van der Waals surface area contributed by atoms with Gasteiger partial charge in [0.2, 0.25) is 0 Å². The average Bonchev–Trinajstić information content (AvgIpc) is 3.01. The number of carbonyl (C=O) groups excluding carboxylic acids is 1. The number of aliphatic hydroxyl groups excluding tert-OH is 1. The zero-order valence-corrected chi connectivity index (χ0v) is 24.9. The summed E-state index contributed by atoms with van der Waals surface area (Å²) in [6.45, 7) is 10.2. The van der Waals surface area contributed by atoms with Gasteiger partial charge in [-0.2, -0.15) is 4.76 Å². The van der Waals surface area contributed by atoms with Gasteiger partial charge in [0.15, 0.2) is 15.7 Å². The van der Waals surface area contributed by atoms with Crippen molar-refractivity contribution in [1.82, 2.24) is 4.90 Å². The highest BCUT2D eigenvalue weighted by Gasteiger charge is 2.51. The first kappa shape index (κ1) is 29.1. The minimum atomic E-state index is -3.99. The number of carbonyl (C=O) groups is 1. The van der Waals surface area contributed by atoms with Crippen molar-refractivity contribution in [2.75, 3.05) is 24.7 Å². The maximum absolute atomic E-state index is 14.0. The fourth-order valence-corrected chi connectivity index (χ4v) is 7.38. The van der Waals surface area contributed by atoms with Gasteiger partial charge < -0.3 is 19.8 Å². The summed E-state index contributed by atoms with van der Waals surface area (Å²) in [6.07, 6.45) is 2.12. The van der Waals surface area contributed by atoms with Gasteiger partial charge in [-0.15, -0.1) is 0 Å². The van der Waals surface area contributed by atoms with E-state index in [0.29, 0.717) is 25.1 Å². The molecule has 4 rings (SSSR count). The molecule has 2 heterocycles. The first-order valence-corrected chi connectivity index (χ1v) is 16.3. The lowest BCUT2D eigenvalue weighted by Crippen LogP contribution is -2.49. The summed E-state index contributed by atoms with van der Waals surface area (Å²) in [4.78, 5) is 15.6. The number of hydrogen-bond acceptors (Lipinski definition) is 7. The van der Waals surface area contributed by atoms with Crippen LogP contribution in [0.5, 0.6) is 0 Å². The van der Waals surface area contributed by atoms with E-state index in [4.69, 9.17) is 4.52 Å². The third kappa shape index (κ3) is 5.69. The number of benzene rings is 2. The Bertz CT molecular complexity index is 1510. The van der Waals surface area contributed by atoms with Gasteiger partial charge in [-0.1, -0.05) is 51.1 Å². The molecule has 2 aromatic carbocycles. The van der Waals surface area contributed by atoms with Crippen LogP contribution in [0.4, 0.5) is 5.69 Å². The largest absolute Gasteiger partial charge is 0.509 e. The Labute approximate surface area is 230 Å². The van der Waals surface area contributed by atoms with Crippen molar-refractivity contribution in [3.8, 4) is 0 Å². The maximum Gasteiger partial charge on any atom is 0.348 e. The molecule has 0 bridgehead atoms. The van der Waals surface area contributed by atoms with E-state index in [2.05, 4.69) is 30.9 Å². The molecule has 2 unspecified atom stereocenters. The van der Waals surface area contributed by atoms with E-state index in [1.165, 1.54) is 18.2 Å². The predicted molar refractivity (Wildman–Crippen MR) is 153 cm³/mol. The van der Waals surface area contributed by atoms with Crippen molar-refractivity contribution in [3.05, 3.63) is 65.4 Å². The van der Waals surface area contributed by atoms with E-state index in [1.807, 2.05) is 37.3 Å². The number of nitrogens with one attached hydrogen (secondary N) is 1. The van der Waals surface area contributed by atoms with Crippen molar-refractivity contribution in [1.29, 1.82) is 0 Å². The van der Waals surface area contributed by atoms with E-state index >= 15 is 0 Å². The molecule has 39 heavy (non-hydrogen) atoms. The molecule has 11 heteroatoms. The fourth-order valence-electron chi connectivity index (χ4n) is 4.84. The van der Waals surface area contributed by atoms with E-state index in [1.54, 1.807) is 11.8 Å². The molecular weight excluding hydrogens is 537 g/mol. The van der Waals surface area contributed by atoms with Crippen molar-refractivity contribution < 1.29 is 27.4 Å². The smallest absolute Gasteiger partial charge is 0.348 e. The molecule has 0 spiro atoms. The second-order valence-corrected chi connectivity index (χ2v) is 15.4. The Hall–Kier alpha value is -2.94. The molecule has 0 radical (unpaired) electrons. The number of sulfone groups is 1. The molecule has 0 fully saturated rings. The lowest BCUT2D eigenvalue weighted by Gasteiger charge is -2.37. The zero-order chi connectivity index (χ0) is 28.8. The highest BCUT2D eigenvalue weighted by molar-refractivity contribution is 7.90. The van der Waals surface area contributed by atoms with Crippen LogP contribution in [0.25, 0.3) is 0 Å². The molecule has 2 atom stereocenters. The Balaban J connectivity index is 1.84. The summed E-state index contributed by atoms with van der Waals surface area (Å²) in [5, 5.41) is 14.8. The second-order valence-electron chi connectivity index (χ2n) is 11.4. The van der Waals surface area contributed by atoms with Gasteiger partial charge in [0.25, 0.3) is 5.91 Å². The van der Waals surface area contributed by atoms with Crippen LogP contribution in [-0.4, -0.2) is 55.1 Å². The topological polar surface area (TPSA) is 125 Å². The SMILES string of the molecule is CCOP1(=O)N=C(C2=C(O)C(C)(Cc3ccccc3)N(CCC(C)(C)C)C2=O)Nc2ccc(S(C)(=O)=O)cc21. The van der Waals surface area contributed by atoms with E-state index in [9.17, 15) is 22.9 Å². The maximum atomic E-state index is 14.0. The van der Waals surface area contributed by atoms with E-state index in [-0.39, 0.29) is 39.4 Å². The third-order valence-corrected chi connectivity index (χ3v) is 10.2. The number of amides is 1. The molecule has 0 saturated carbocycles. The molecule has 0 saturated heterocycles. The van der Waals surface area contributed by atoms with Crippen LogP contribution in [0, 0.1) is 5.41 Å². The van der Waals surface area contributed by atoms with Gasteiger partial charge in [-0.3, -0.25) is 9.36 Å².